The van der Waals surface area contributed by atoms with Gasteiger partial charge in [0.05, 0.1) is 5.02 Å². The third kappa shape index (κ3) is 4.41. The Balaban J connectivity index is 2.05. The number of benzene rings is 2. The minimum absolute atomic E-state index is 0.142. The average molecular weight is 348 g/mol. The largest absolute Gasteiger partial charge is 0.242 e. The van der Waals surface area contributed by atoms with Crippen LogP contribution in [-0.2, 0) is 16.4 Å². The van der Waals surface area contributed by atoms with Crippen molar-refractivity contribution in [1.29, 1.82) is 0 Å². The van der Waals surface area contributed by atoms with E-state index in [9.17, 15) is 12.8 Å². The second kappa shape index (κ2) is 6.75. The average Bonchev–Trinajstić information content (AvgIpc) is 2.38. The number of nitrogens with one attached hydrogen (secondary N) is 1. The fourth-order valence-electron chi connectivity index (χ4n) is 1.79. The second-order valence-corrected chi connectivity index (χ2v) is 6.93. The molecule has 21 heavy (non-hydrogen) atoms. The molecular weight excluding hydrogens is 336 g/mol. The molecule has 0 fully saturated rings. The van der Waals surface area contributed by atoms with Crippen LogP contribution in [0.2, 0.25) is 10.0 Å². The summed E-state index contributed by atoms with van der Waals surface area (Å²) in [5.74, 6) is -0.585. The number of hydrogen-bond acceptors (Lipinski definition) is 2. The van der Waals surface area contributed by atoms with Crippen molar-refractivity contribution in [3.05, 3.63) is 63.9 Å². The maximum Gasteiger partial charge on any atom is 0.242 e. The van der Waals surface area contributed by atoms with Crippen LogP contribution in [0.15, 0.2) is 47.4 Å². The smallest absolute Gasteiger partial charge is 0.211 e. The van der Waals surface area contributed by atoms with Crippen molar-refractivity contribution >= 4 is 33.2 Å². The molecule has 0 aliphatic heterocycles. The third-order valence-corrected chi connectivity index (χ3v) is 4.96. The lowest BCUT2D eigenvalue weighted by molar-refractivity contribution is 0.581. The summed E-state index contributed by atoms with van der Waals surface area (Å²) in [7, 11) is -3.77. The number of rotatable bonds is 5. The first-order valence-corrected chi connectivity index (χ1v) is 8.31. The van der Waals surface area contributed by atoms with Gasteiger partial charge in [-0.05, 0) is 42.3 Å². The minimum atomic E-state index is -3.77. The van der Waals surface area contributed by atoms with E-state index < -0.39 is 15.8 Å². The zero-order valence-electron chi connectivity index (χ0n) is 10.8. The van der Waals surface area contributed by atoms with Gasteiger partial charge in [0, 0.05) is 11.6 Å². The molecule has 112 valence electrons. The fraction of sp³-hybridized carbons (Fsp3) is 0.143. The van der Waals surface area contributed by atoms with Gasteiger partial charge in [0.2, 0.25) is 10.0 Å². The number of halogens is 3. The van der Waals surface area contributed by atoms with Gasteiger partial charge in [-0.25, -0.2) is 17.5 Å². The highest BCUT2D eigenvalue weighted by Gasteiger charge is 2.17. The SMILES string of the molecule is O=S(=O)(NCCc1cccc(Cl)c1)c1ccc(F)cc1Cl. The standard InChI is InChI=1S/C14H12Cl2FNO2S/c15-11-3-1-2-10(8-11)6-7-18-21(19,20)14-5-4-12(17)9-13(14)16/h1-5,8-9,18H,6-7H2. The van der Waals surface area contributed by atoms with Gasteiger partial charge in [0.25, 0.3) is 0 Å². The molecule has 0 aliphatic rings. The molecule has 0 radical (unpaired) electrons. The maximum atomic E-state index is 12.9. The Bertz CT molecular complexity index is 750. The molecule has 1 N–H and O–H groups in total. The van der Waals surface area contributed by atoms with E-state index in [1.54, 1.807) is 18.2 Å². The van der Waals surface area contributed by atoms with Gasteiger partial charge in [-0.15, -0.1) is 0 Å². The van der Waals surface area contributed by atoms with Crippen LogP contribution in [0.5, 0.6) is 0 Å². The van der Waals surface area contributed by atoms with Crippen LogP contribution in [-0.4, -0.2) is 15.0 Å². The zero-order chi connectivity index (χ0) is 15.5. The van der Waals surface area contributed by atoms with Gasteiger partial charge in [0.1, 0.15) is 10.7 Å². The van der Waals surface area contributed by atoms with Gasteiger partial charge < -0.3 is 0 Å². The first kappa shape index (κ1) is 16.2. The predicted molar refractivity (Wildman–Crippen MR) is 81.8 cm³/mol. The topological polar surface area (TPSA) is 46.2 Å². The Morgan fingerprint density at radius 2 is 1.86 bits per heavy atom. The molecule has 7 heteroatoms. The summed E-state index contributed by atoms with van der Waals surface area (Å²) in [6.45, 7) is 0.191. The maximum absolute atomic E-state index is 12.9. The molecular formula is C14H12Cl2FNO2S. The van der Waals surface area contributed by atoms with Crippen LogP contribution in [0, 0.1) is 5.82 Å². The van der Waals surface area contributed by atoms with E-state index in [0.29, 0.717) is 11.4 Å². The Morgan fingerprint density at radius 1 is 1.10 bits per heavy atom. The van der Waals surface area contributed by atoms with Gasteiger partial charge in [-0.3, -0.25) is 0 Å². The molecule has 2 aromatic rings. The van der Waals surface area contributed by atoms with E-state index in [-0.39, 0.29) is 16.5 Å². The minimum Gasteiger partial charge on any atom is -0.211 e. The summed E-state index contributed by atoms with van der Waals surface area (Å²) >= 11 is 11.6. The van der Waals surface area contributed by atoms with E-state index >= 15 is 0 Å². The van der Waals surface area contributed by atoms with E-state index in [4.69, 9.17) is 23.2 Å². The van der Waals surface area contributed by atoms with Crippen molar-refractivity contribution in [2.24, 2.45) is 0 Å². The molecule has 0 atom stereocenters. The fourth-order valence-corrected chi connectivity index (χ4v) is 3.57. The summed E-state index contributed by atoms with van der Waals surface area (Å²) in [6, 6.07) is 10.3. The lowest BCUT2D eigenvalue weighted by Gasteiger charge is -2.08. The van der Waals surface area contributed by atoms with Crippen molar-refractivity contribution < 1.29 is 12.8 Å². The van der Waals surface area contributed by atoms with Crippen LogP contribution in [0.3, 0.4) is 0 Å². The molecule has 0 saturated heterocycles. The highest BCUT2D eigenvalue weighted by Crippen LogP contribution is 2.22. The predicted octanol–water partition coefficient (Wildman–Crippen LogP) is 3.65. The van der Waals surface area contributed by atoms with Crippen molar-refractivity contribution in [2.45, 2.75) is 11.3 Å². The molecule has 0 saturated carbocycles. The lowest BCUT2D eigenvalue weighted by Crippen LogP contribution is -2.26. The molecule has 0 amide bonds. The second-order valence-electron chi connectivity index (χ2n) is 4.35. The molecule has 0 bridgehead atoms. The Kier molecular flexibility index (Phi) is 5.22. The van der Waals surface area contributed by atoms with Crippen molar-refractivity contribution in [1.82, 2.24) is 4.72 Å². The third-order valence-electron chi connectivity index (χ3n) is 2.78. The highest BCUT2D eigenvalue weighted by molar-refractivity contribution is 7.89. The van der Waals surface area contributed by atoms with Crippen LogP contribution in [0.1, 0.15) is 5.56 Å². The molecule has 0 aromatic heterocycles. The summed E-state index contributed by atoms with van der Waals surface area (Å²) in [5, 5.41) is 0.446. The summed E-state index contributed by atoms with van der Waals surface area (Å²) < 4.78 is 39.5. The molecule has 0 heterocycles. The molecule has 0 aliphatic carbocycles. The summed E-state index contributed by atoms with van der Waals surface area (Å²) in [4.78, 5) is -0.142. The number of sulfonamides is 1. The quantitative estimate of drug-likeness (QED) is 0.897. The number of hydrogen-bond donors (Lipinski definition) is 1. The van der Waals surface area contributed by atoms with Gasteiger partial charge in [-0.1, -0.05) is 35.3 Å². The molecule has 2 aromatic carbocycles. The van der Waals surface area contributed by atoms with Crippen molar-refractivity contribution in [3.8, 4) is 0 Å². The first-order valence-electron chi connectivity index (χ1n) is 6.08. The van der Waals surface area contributed by atoms with Crippen molar-refractivity contribution in [2.75, 3.05) is 6.54 Å². The molecule has 2 rings (SSSR count). The van der Waals surface area contributed by atoms with E-state index in [0.717, 1.165) is 23.8 Å². The first-order chi connectivity index (χ1) is 9.88. The van der Waals surface area contributed by atoms with E-state index in [2.05, 4.69) is 4.72 Å². The van der Waals surface area contributed by atoms with Gasteiger partial charge >= 0.3 is 0 Å². The van der Waals surface area contributed by atoms with Crippen LogP contribution < -0.4 is 4.72 Å². The van der Waals surface area contributed by atoms with Crippen LogP contribution in [0.4, 0.5) is 4.39 Å². The zero-order valence-corrected chi connectivity index (χ0v) is 13.1. The highest BCUT2D eigenvalue weighted by atomic mass is 35.5. The van der Waals surface area contributed by atoms with E-state index in [1.807, 2.05) is 6.07 Å². The Hall–Kier alpha value is -1.14. The monoisotopic (exact) mass is 347 g/mol. The lowest BCUT2D eigenvalue weighted by atomic mass is 10.2. The summed E-state index contributed by atoms with van der Waals surface area (Å²) in [5.41, 5.74) is 0.912. The Labute approximate surface area is 132 Å². The van der Waals surface area contributed by atoms with E-state index in [1.165, 1.54) is 0 Å². The Morgan fingerprint density at radius 3 is 2.52 bits per heavy atom. The molecule has 0 spiro atoms. The normalized spacial score (nSPS) is 11.6. The molecule has 3 nitrogen and oxygen atoms in total. The van der Waals surface area contributed by atoms with Crippen LogP contribution >= 0.6 is 23.2 Å². The van der Waals surface area contributed by atoms with Gasteiger partial charge in [-0.2, -0.15) is 0 Å². The van der Waals surface area contributed by atoms with Crippen molar-refractivity contribution in [3.63, 3.8) is 0 Å². The van der Waals surface area contributed by atoms with Gasteiger partial charge in [0.15, 0.2) is 0 Å². The molecule has 0 unspecified atom stereocenters. The summed E-state index contributed by atoms with van der Waals surface area (Å²) in [6.07, 6.45) is 0.485. The van der Waals surface area contributed by atoms with Crippen LogP contribution in [0.25, 0.3) is 0 Å².